The Morgan fingerprint density at radius 2 is 1.91 bits per heavy atom. The number of nitrogens with zero attached hydrogens (tertiary/aromatic N) is 4. The SMILES string of the molecule is S=c1[nH]nc(CCc2ccccc2)n1/N=C\c1ccccn1. The molecule has 0 amide bonds. The van der Waals surface area contributed by atoms with Crippen LogP contribution in [0.5, 0.6) is 0 Å². The Morgan fingerprint density at radius 1 is 1.09 bits per heavy atom. The van der Waals surface area contributed by atoms with E-state index in [4.69, 9.17) is 12.2 Å². The van der Waals surface area contributed by atoms with E-state index in [-0.39, 0.29) is 0 Å². The molecule has 0 fully saturated rings. The molecule has 110 valence electrons. The number of nitrogens with one attached hydrogen (secondary N) is 1. The maximum Gasteiger partial charge on any atom is 0.216 e. The van der Waals surface area contributed by atoms with Crippen molar-refractivity contribution in [2.75, 3.05) is 0 Å². The van der Waals surface area contributed by atoms with Crippen LogP contribution in [0.1, 0.15) is 17.1 Å². The first-order chi connectivity index (χ1) is 10.8. The average molecular weight is 309 g/mol. The van der Waals surface area contributed by atoms with Crippen LogP contribution in [-0.2, 0) is 12.8 Å². The molecule has 0 aliphatic rings. The molecule has 22 heavy (non-hydrogen) atoms. The van der Waals surface area contributed by atoms with E-state index in [0.29, 0.717) is 4.77 Å². The van der Waals surface area contributed by atoms with Gasteiger partial charge in [0.1, 0.15) is 0 Å². The molecule has 5 nitrogen and oxygen atoms in total. The van der Waals surface area contributed by atoms with Gasteiger partial charge in [-0.05, 0) is 36.3 Å². The molecule has 1 N–H and O–H groups in total. The van der Waals surface area contributed by atoms with Gasteiger partial charge in [-0.25, -0.2) is 0 Å². The summed E-state index contributed by atoms with van der Waals surface area (Å²) in [6.07, 6.45) is 5.06. The lowest BCUT2D eigenvalue weighted by Gasteiger charge is -2.01. The maximum atomic E-state index is 5.23. The van der Waals surface area contributed by atoms with Crippen LogP contribution in [0.15, 0.2) is 59.8 Å². The van der Waals surface area contributed by atoms with Crippen LogP contribution < -0.4 is 0 Å². The van der Waals surface area contributed by atoms with Crippen molar-refractivity contribution in [1.82, 2.24) is 19.9 Å². The van der Waals surface area contributed by atoms with Crippen molar-refractivity contribution in [2.45, 2.75) is 12.8 Å². The quantitative estimate of drug-likeness (QED) is 0.582. The molecule has 0 bridgehead atoms. The summed E-state index contributed by atoms with van der Waals surface area (Å²) in [5.74, 6) is 0.807. The molecule has 0 saturated carbocycles. The lowest BCUT2D eigenvalue weighted by Crippen LogP contribution is -2.02. The van der Waals surface area contributed by atoms with E-state index in [2.05, 4.69) is 32.4 Å². The second-order valence-electron chi connectivity index (χ2n) is 4.74. The predicted molar refractivity (Wildman–Crippen MR) is 88.5 cm³/mol. The highest BCUT2D eigenvalue weighted by atomic mass is 32.1. The fourth-order valence-corrected chi connectivity index (χ4v) is 2.27. The normalized spacial score (nSPS) is 11.1. The van der Waals surface area contributed by atoms with Gasteiger partial charge in [0.25, 0.3) is 0 Å². The number of H-pyrrole nitrogens is 1. The first-order valence-corrected chi connectivity index (χ1v) is 7.39. The second-order valence-corrected chi connectivity index (χ2v) is 5.13. The molecule has 6 heteroatoms. The second kappa shape index (κ2) is 6.91. The Hall–Kier alpha value is -2.60. The summed E-state index contributed by atoms with van der Waals surface area (Å²) < 4.78 is 2.13. The van der Waals surface area contributed by atoms with Crippen molar-refractivity contribution in [3.8, 4) is 0 Å². The predicted octanol–water partition coefficient (Wildman–Crippen LogP) is 3.00. The Kier molecular flexibility index (Phi) is 4.50. The van der Waals surface area contributed by atoms with E-state index in [1.54, 1.807) is 17.1 Å². The minimum atomic E-state index is 0.482. The number of hydrogen-bond donors (Lipinski definition) is 1. The average Bonchev–Trinajstić information content (AvgIpc) is 2.93. The van der Waals surface area contributed by atoms with Crippen molar-refractivity contribution in [3.05, 3.63) is 76.6 Å². The molecule has 0 aliphatic carbocycles. The van der Waals surface area contributed by atoms with Gasteiger partial charge in [0, 0.05) is 12.6 Å². The monoisotopic (exact) mass is 309 g/mol. The van der Waals surface area contributed by atoms with Crippen molar-refractivity contribution in [2.24, 2.45) is 5.10 Å². The zero-order valence-corrected chi connectivity index (χ0v) is 12.7. The Balaban J connectivity index is 1.76. The lowest BCUT2D eigenvalue weighted by molar-refractivity contribution is 0.750. The molecule has 0 radical (unpaired) electrons. The van der Waals surface area contributed by atoms with Crippen LogP contribution in [-0.4, -0.2) is 26.1 Å². The van der Waals surface area contributed by atoms with Gasteiger partial charge in [-0.3, -0.25) is 10.1 Å². The van der Waals surface area contributed by atoms with Gasteiger partial charge in [-0.15, -0.1) is 0 Å². The van der Waals surface area contributed by atoms with Gasteiger partial charge in [0.2, 0.25) is 4.77 Å². The zero-order valence-electron chi connectivity index (χ0n) is 11.9. The standard InChI is InChI=1S/C16H15N5S/c22-16-20-19-15(10-9-13-6-2-1-3-7-13)21(16)18-12-14-8-4-5-11-17-14/h1-8,11-12H,9-10H2,(H,20,22)/b18-12-. The molecule has 0 aliphatic heterocycles. The van der Waals surface area contributed by atoms with Gasteiger partial charge < -0.3 is 0 Å². The summed E-state index contributed by atoms with van der Waals surface area (Å²) in [6, 6.07) is 15.9. The molecule has 0 saturated heterocycles. The number of hydrogen-bond acceptors (Lipinski definition) is 4. The van der Waals surface area contributed by atoms with E-state index < -0.39 is 0 Å². The van der Waals surface area contributed by atoms with E-state index in [0.717, 1.165) is 24.4 Å². The highest BCUT2D eigenvalue weighted by Crippen LogP contribution is 2.06. The first-order valence-electron chi connectivity index (χ1n) is 6.98. The fourth-order valence-electron chi connectivity index (χ4n) is 2.08. The third kappa shape index (κ3) is 3.53. The van der Waals surface area contributed by atoms with Gasteiger partial charge in [0.15, 0.2) is 5.82 Å². The molecule has 3 rings (SSSR count). The molecular weight excluding hydrogens is 294 g/mol. The van der Waals surface area contributed by atoms with Crippen molar-refractivity contribution in [1.29, 1.82) is 0 Å². The Labute approximate surface area is 133 Å². The minimum Gasteiger partial charge on any atom is -0.255 e. The van der Waals surface area contributed by atoms with Crippen LogP contribution in [0, 0.1) is 4.77 Å². The van der Waals surface area contributed by atoms with Gasteiger partial charge >= 0.3 is 0 Å². The summed E-state index contributed by atoms with van der Waals surface area (Å²) in [6.45, 7) is 0. The van der Waals surface area contributed by atoms with Crippen LogP contribution in [0.4, 0.5) is 0 Å². The number of pyridine rings is 1. The first kappa shape index (κ1) is 14.3. The fraction of sp³-hybridized carbons (Fsp3) is 0.125. The number of benzene rings is 1. The van der Waals surface area contributed by atoms with Crippen molar-refractivity contribution >= 4 is 18.4 Å². The van der Waals surface area contributed by atoms with E-state index >= 15 is 0 Å². The van der Waals surface area contributed by atoms with Crippen LogP contribution in [0.3, 0.4) is 0 Å². The van der Waals surface area contributed by atoms with Crippen LogP contribution >= 0.6 is 12.2 Å². The number of aromatic nitrogens is 4. The third-order valence-electron chi connectivity index (χ3n) is 3.19. The highest BCUT2D eigenvalue weighted by Gasteiger charge is 2.05. The Morgan fingerprint density at radius 3 is 2.68 bits per heavy atom. The van der Waals surface area contributed by atoms with Crippen LogP contribution in [0.25, 0.3) is 0 Å². The Bertz CT molecular complexity index is 805. The van der Waals surface area contributed by atoms with E-state index in [1.165, 1.54) is 5.56 Å². The summed E-state index contributed by atoms with van der Waals surface area (Å²) in [5, 5.41) is 11.4. The number of rotatable bonds is 5. The van der Waals surface area contributed by atoms with Gasteiger partial charge in [-0.2, -0.15) is 14.9 Å². The minimum absolute atomic E-state index is 0.482. The molecule has 1 aromatic carbocycles. The summed E-state index contributed by atoms with van der Waals surface area (Å²) in [5.41, 5.74) is 2.04. The van der Waals surface area contributed by atoms with Gasteiger partial charge in [0.05, 0.1) is 11.9 Å². The van der Waals surface area contributed by atoms with Crippen molar-refractivity contribution in [3.63, 3.8) is 0 Å². The van der Waals surface area contributed by atoms with Gasteiger partial charge in [-0.1, -0.05) is 36.4 Å². The molecule has 0 unspecified atom stereocenters. The summed E-state index contributed by atoms with van der Waals surface area (Å²) in [7, 11) is 0. The highest BCUT2D eigenvalue weighted by molar-refractivity contribution is 7.71. The molecule has 0 atom stereocenters. The summed E-state index contributed by atoms with van der Waals surface area (Å²) in [4.78, 5) is 4.20. The third-order valence-corrected chi connectivity index (χ3v) is 3.46. The molecule has 0 spiro atoms. The molecule has 2 heterocycles. The number of aryl methyl sites for hydroxylation is 2. The van der Waals surface area contributed by atoms with E-state index in [1.807, 2.05) is 36.4 Å². The van der Waals surface area contributed by atoms with E-state index in [9.17, 15) is 0 Å². The lowest BCUT2D eigenvalue weighted by atomic mass is 10.1. The molecule has 2 aromatic heterocycles. The largest absolute Gasteiger partial charge is 0.255 e. The summed E-state index contributed by atoms with van der Waals surface area (Å²) >= 11 is 5.23. The molecule has 3 aromatic rings. The van der Waals surface area contributed by atoms with Crippen molar-refractivity contribution < 1.29 is 0 Å². The zero-order chi connectivity index (χ0) is 15.2. The smallest absolute Gasteiger partial charge is 0.216 e. The maximum absolute atomic E-state index is 5.23. The number of aromatic amines is 1. The topological polar surface area (TPSA) is 58.9 Å². The van der Waals surface area contributed by atoms with Crippen LogP contribution in [0.2, 0.25) is 0 Å². The molecular formula is C16H15N5S.